The number of carbonyl (C=O) groups is 1. The first-order valence-electron chi connectivity index (χ1n) is 9.95. The van der Waals surface area contributed by atoms with Gasteiger partial charge >= 0.3 is 6.03 Å². The van der Waals surface area contributed by atoms with Crippen LogP contribution in [0.25, 0.3) is 0 Å². The van der Waals surface area contributed by atoms with Gasteiger partial charge in [-0.3, -0.25) is 4.98 Å². The Morgan fingerprint density at radius 2 is 1.92 bits per heavy atom. The molecule has 6 heteroatoms. The number of piperidine rings is 1. The Bertz CT molecular complexity index is 577. The minimum Gasteiger partial charge on any atom is -0.338 e. The van der Waals surface area contributed by atoms with Gasteiger partial charge in [-0.25, -0.2) is 4.79 Å². The van der Waals surface area contributed by atoms with Gasteiger partial charge in [-0.15, -0.1) is 0 Å². The van der Waals surface area contributed by atoms with Gasteiger partial charge in [0.1, 0.15) is 0 Å². The summed E-state index contributed by atoms with van der Waals surface area (Å²) in [6.45, 7) is 10.5. The molecule has 2 aliphatic rings. The van der Waals surface area contributed by atoms with Gasteiger partial charge in [0.15, 0.2) is 0 Å². The molecule has 0 unspecified atom stereocenters. The van der Waals surface area contributed by atoms with Crippen LogP contribution in [0.3, 0.4) is 0 Å². The number of likely N-dealkylation sites (tertiary alicyclic amines) is 1. The summed E-state index contributed by atoms with van der Waals surface area (Å²) in [5.41, 5.74) is 2.44. The van der Waals surface area contributed by atoms with Crippen molar-refractivity contribution in [2.45, 2.75) is 26.2 Å². The molecule has 0 atom stereocenters. The molecule has 0 bridgehead atoms. The Morgan fingerprint density at radius 1 is 1.19 bits per heavy atom. The number of carbonyl (C=O) groups excluding carboxylic acids is 1. The van der Waals surface area contributed by atoms with Gasteiger partial charge in [0, 0.05) is 64.8 Å². The number of pyridine rings is 1. The van der Waals surface area contributed by atoms with Crippen molar-refractivity contribution >= 4 is 6.03 Å². The molecule has 0 aromatic carbocycles. The summed E-state index contributed by atoms with van der Waals surface area (Å²) >= 11 is 0. The van der Waals surface area contributed by atoms with Crippen molar-refractivity contribution in [1.82, 2.24) is 25.0 Å². The van der Waals surface area contributed by atoms with E-state index < -0.39 is 0 Å². The van der Waals surface area contributed by atoms with Gasteiger partial charge in [-0.1, -0.05) is 0 Å². The third-order valence-corrected chi connectivity index (χ3v) is 5.82. The van der Waals surface area contributed by atoms with Crippen molar-refractivity contribution in [1.29, 1.82) is 0 Å². The molecule has 2 amide bonds. The van der Waals surface area contributed by atoms with Gasteiger partial charge in [0.05, 0.1) is 0 Å². The highest BCUT2D eigenvalue weighted by Crippen LogP contribution is 2.19. The standard InChI is InChI=1S/C20H33N5O/c1-17-15-21-7-3-19(17)4-8-22-20(26)25-9-5-18(6-10-25)16-24-13-11-23(2)12-14-24/h3,7,15,18H,4-6,8-14,16H2,1-2H3,(H,22,26). The van der Waals surface area contributed by atoms with Crippen molar-refractivity contribution in [3.05, 3.63) is 29.6 Å². The number of aromatic nitrogens is 1. The highest BCUT2D eigenvalue weighted by Gasteiger charge is 2.25. The number of piperazine rings is 1. The molecule has 1 aromatic heterocycles. The van der Waals surface area contributed by atoms with Crippen LogP contribution in [0.15, 0.2) is 18.5 Å². The molecule has 1 N–H and O–H groups in total. The molecule has 1 aromatic rings. The molecule has 2 saturated heterocycles. The quantitative estimate of drug-likeness (QED) is 0.868. The first kappa shape index (κ1) is 19.1. The first-order valence-corrected chi connectivity index (χ1v) is 9.95. The molecular weight excluding hydrogens is 326 g/mol. The Kier molecular flexibility index (Phi) is 6.86. The monoisotopic (exact) mass is 359 g/mol. The van der Waals surface area contributed by atoms with E-state index in [9.17, 15) is 4.79 Å². The van der Waals surface area contributed by atoms with Crippen LogP contribution < -0.4 is 5.32 Å². The minimum absolute atomic E-state index is 0.0924. The summed E-state index contributed by atoms with van der Waals surface area (Å²) in [7, 11) is 2.20. The zero-order valence-electron chi connectivity index (χ0n) is 16.3. The largest absolute Gasteiger partial charge is 0.338 e. The molecule has 26 heavy (non-hydrogen) atoms. The van der Waals surface area contributed by atoms with E-state index in [1.807, 2.05) is 23.4 Å². The predicted molar refractivity (Wildman–Crippen MR) is 104 cm³/mol. The Balaban J connectivity index is 1.34. The minimum atomic E-state index is 0.0924. The van der Waals surface area contributed by atoms with Crippen LogP contribution in [0.1, 0.15) is 24.0 Å². The van der Waals surface area contributed by atoms with Gasteiger partial charge in [0.2, 0.25) is 0 Å². The van der Waals surface area contributed by atoms with Crippen molar-refractivity contribution in [3.8, 4) is 0 Å². The number of hydrogen-bond acceptors (Lipinski definition) is 4. The zero-order valence-corrected chi connectivity index (χ0v) is 16.3. The van der Waals surface area contributed by atoms with E-state index in [0.29, 0.717) is 6.54 Å². The van der Waals surface area contributed by atoms with Crippen molar-refractivity contribution in [2.75, 3.05) is 59.4 Å². The molecule has 2 aliphatic heterocycles. The number of aryl methyl sites for hydroxylation is 1. The van der Waals surface area contributed by atoms with Crippen LogP contribution in [-0.2, 0) is 6.42 Å². The Labute approximate surface area is 157 Å². The van der Waals surface area contributed by atoms with E-state index in [4.69, 9.17) is 0 Å². The van der Waals surface area contributed by atoms with Crippen molar-refractivity contribution in [2.24, 2.45) is 5.92 Å². The fourth-order valence-corrected chi connectivity index (χ4v) is 3.91. The van der Waals surface area contributed by atoms with Gasteiger partial charge in [0.25, 0.3) is 0 Å². The maximum absolute atomic E-state index is 12.4. The molecule has 2 fully saturated rings. The second kappa shape index (κ2) is 9.33. The van der Waals surface area contributed by atoms with Gasteiger partial charge in [-0.2, -0.15) is 0 Å². The molecule has 144 valence electrons. The van der Waals surface area contributed by atoms with E-state index in [0.717, 1.165) is 38.3 Å². The van der Waals surface area contributed by atoms with Crippen molar-refractivity contribution in [3.63, 3.8) is 0 Å². The fourth-order valence-electron chi connectivity index (χ4n) is 3.91. The normalized spacial score (nSPS) is 20.3. The van der Waals surface area contributed by atoms with Crippen LogP contribution >= 0.6 is 0 Å². The van der Waals surface area contributed by atoms with E-state index >= 15 is 0 Å². The number of urea groups is 1. The lowest BCUT2D eigenvalue weighted by molar-refractivity contribution is 0.111. The molecule has 3 rings (SSSR count). The van der Waals surface area contributed by atoms with Crippen LogP contribution in [0.5, 0.6) is 0 Å². The van der Waals surface area contributed by atoms with E-state index in [2.05, 4.69) is 34.1 Å². The lowest BCUT2D eigenvalue weighted by Crippen LogP contribution is -2.49. The Morgan fingerprint density at radius 3 is 2.62 bits per heavy atom. The Hall–Kier alpha value is -1.66. The smallest absolute Gasteiger partial charge is 0.317 e. The maximum Gasteiger partial charge on any atom is 0.317 e. The number of amides is 2. The maximum atomic E-state index is 12.4. The average molecular weight is 360 g/mol. The average Bonchev–Trinajstić information content (AvgIpc) is 2.66. The second-order valence-corrected chi connectivity index (χ2v) is 7.82. The third kappa shape index (κ3) is 5.42. The number of nitrogens with zero attached hydrogens (tertiary/aromatic N) is 4. The summed E-state index contributed by atoms with van der Waals surface area (Å²) in [5, 5.41) is 3.08. The van der Waals surface area contributed by atoms with Crippen LogP contribution in [0, 0.1) is 12.8 Å². The second-order valence-electron chi connectivity index (χ2n) is 7.82. The summed E-state index contributed by atoms with van der Waals surface area (Å²) in [5.74, 6) is 0.738. The number of rotatable bonds is 5. The van der Waals surface area contributed by atoms with E-state index in [1.54, 1.807) is 0 Å². The molecule has 6 nitrogen and oxygen atoms in total. The summed E-state index contributed by atoms with van der Waals surface area (Å²) in [6.07, 6.45) is 6.81. The predicted octanol–water partition coefficient (Wildman–Crippen LogP) is 1.60. The highest BCUT2D eigenvalue weighted by molar-refractivity contribution is 5.74. The van der Waals surface area contributed by atoms with Crippen LogP contribution in [0.4, 0.5) is 4.79 Å². The third-order valence-electron chi connectivity index (χ3n) is 5.82. The topological polar surface area (TPSA) is 51.7 Å². The van der Waals surface area contributed by atoms with Crippen LogP contribution in [-0.4, -0.2) is 85.1 Å². The fraction of sp³-hybridized carbons (Fsp3) is 0.700. The molecule has 0 aliphatic carbocycles. The molecule has 0 saturated carbocycles. The molecule has 3 heterocycles. The first-order chi connectivity index (χ1) is 12.6. The molecular formula is C20H33N5O. The van der Waals surface area contributed by atoms with Gasteiger partial charge in [-0.05, 0) is 56.3 Å². The lowest BCUT2D eigenvalue weighted by atomic mass is 9.96. The SMILES string of the molecule is Cc1cnccc1CCNC(=O)N1CCC(CN2CCN(C)CC2)CC1. The zero-order chi connectivity index (χ0) is 18.4. The number of likely N-dealkylation sites (N-methyl/N-ethyl adjacent to an activating group) is 1. The van der Waals surface area contributed by atoms with E-state index in [-0.39, 0.29) is 6.03 Å². The summed E-state index contributed by atoms with van der Waals surface area (Å²) in [6, 6.07) is 2.13. The number of hydrogen-bond donors (Lipinski definition) is 1. The molecule has 0 radical (unpaired) electrons. The molecule has 0 spiro atoms. The van der Waals surface area contributed by atoms with E-state index in [1.165, 1.54) is 43.9 Å². The van der Waals surface area contributed by atoms with Crippen molar-refractivity contribution < 1.29 is 4.79 Å². The highest BCUT2D eigenvalue weighted by atomic mass is 16.2. The summed E-state index contributed by atoms with van der Waals surface area (Å²) in [4.78, 5) is 23.5. The van der Waals surface area contributed by atoms with Gasteiger partial charge < -0.3 is 20.0 Å². The lowest BCUT2D eigenvalue weighted by Gasteiger charge is -2.37. The number of nitrogens with one attached hydrogen (secondary N) is 1. The van der Waals surface area contributed by atoms with Crippen LogP contribution in [0.2, 0.25) is 0 Å². The summed E-state index contributed by atoms with van der Waals surface area (Å²) < 4.78 is 0.